The number of nitrogens with zero attached hydrogens (tertiary/aromatic N) is 1. The van der Waals surface area contributed by atoms with Gasteiger partial charge in [0.15, 0.2) is 11.5 Å². The van der Waals surface area contributed by atoms with Crippen molar-refractivity contribution in [1.82, 2.24) is 4.90 Å². The van der Waals surface area contributed by atoms with Gasteiger partial charge in [0.25, 0.3) is 11.8 Å². The van der Waals surface area contributed by atoms with Crippen LogP contribution in [0.2, 0.25) is 0 Å². The molecule has 0 spiro atoms. The lowest BCUT2D eigenvalue weighted by Crippen LogP contribution is -2.41. The lowest BCUT2D eigenvalue weighted by molar-refractivity contribution is -0.123. The van der Waals surface area contributed by atoms with Crippen LogP contribution in [-0.4, -0.2) is 30.6 Å². The molecule has 2 heterocycles. The minimum absolute atomic E-state index is 0.141. The highest BCUT2D eigenvalue weighted by Crippen LogP contribution is 2.35. The summed E-state index contributed by atoms with van der Waals surface area (Å²) in [5.41, 5.74) is 3.24. The van der Waals surface area contributed by atoms with E-state index in [4.69, 9.17) is 14.2 Å². The van der Waals surface area contributed by atoms with Crippen LogP contribution >= 0.6 is 0 Å². The molecule has 0 unspecified atom stereocenters. The fourth-order valence-corrected chi connectivity index (χ4v) is 3.77. The Labute approximate surface area is 179 Å². The first-order valence-electron chi connectivity index (χ1n) is 9.84. The molecule has 0 fully saturated rings. The predicted molar refractivity (Wildman–Crippen MR) is 115 cm³/mol. The van der Waals surface area contributed by atoms with E-state index in [-0.39, 0.29) is 25.2 Å². The van der Waals surface area contributed by atoms with Crippen molar-refractivity contribution in [2.75, 3.05) is 13.9 Å². The quantitative estimate of drug-likeness (QED) is 0.475. The van der Waals surface area contributed by atoms with Gasteiger partial charge < -0.3 is 14.2 Å². The van der Waals surface area contributed by atoms with Crippen LogP contribution in [-0.2, 0) is 11.3 Å². The summed E-state index contributed by atoms with van der Waals surface area (Å²) in [5.74, 6) is 1.36. The molecule has 3 aromatic rings. The molecule has 2 aliphatic heterocycles. The van der Waals surface area contributed by atoms with Gasteiger partial charge in [0, 0.05) is 11.1 Å². The maximum absolute atomic E-state index is 13.4. The summed E-state index contributed by atoms with van der Waals surface area (Å²) in [7, 11) is 1.61. The Bertz CT molecular complexity index is 1210. The van der Waals surface area contributed by atoms with Crippen molar-refractivity contribution in [3.63, 3.8) is 0 Å². The van der Waals surface area contributed by atoms with Crippen LogP contribution < -0.4 is 14.2 Å². The first-order valence-corrected chi connectivity index (χ1v) is 9.84. The number of carbonyl (C=O) groups is 2. The van der Waals surface area contributed by atoms with E-state index in [1.54, 1.807) is 43.5 Å². The van der Waals surface area contributed by atoms with Crippen LogP contribution in [0, 0.1) is 0 Å². The topological polar surface area (TPSA) is 65.1 Å². The standard InChI is InChI=1S/C25H19NO5/c1-29-18-9-6-16(7-10-18)12-21-19-4-2-3-5-20(19)24(27)26(25(21)28)14-17-8-11-22-23(13-17)31-15-30-22/h2-13H,14-15H2,1H3/b21-12+. The molecule has 5 rings (SSSR count). The van der Waals surface area contributed by atoms with E-state index in [2.05, 4.69) is 0 Å². The number of ether oxygens (including phenoxy) is 3. The number of rotatable bonds is 4. The van der Waals surface area contributed by atoms with E-state index in [0.29, 0.717) is 28.2 Å². The fraction of sp³-hybridized carbons (Fsp3) is 0.120. The number of hydrogen-bond donors (Lipinski definition) is 0. The first kappa shape index (κ1) is 18.9. The van der Waals surface area contributed by atoms with E-state index in [1.807, 2.05) is 36.4 Å². The molecule has 31 heavy (non-hydrogen) atoms. The van der Waals surface area contributed by atoms with E-state index >= 15 is 0 Å². The number of hydrogen-bond acceptors (Lipinski definition) is 5. The van der Waals surface area contributed by atoms with Gasteiger partial charge in [-0.15, -0.1) is 0 Å². The molecule has 0 saturated carbocycles. The molecule has 0 radical (unpaired) electrons. The van der Waals surface area contributed by atoms with Crippen molar-refractivity contribution in [2.24, 2.45) is 0 Å². The summed E-state index contributed by atoms with van der Waals surface area (Å²) in [6.45, 7) is 0.311. The highest BCUT2D eigenvalue weighted by molar-refractivity contribution is 6.33. The number of fused-ring (bicyclic) bond motifs is 2. The third kappa shape index (κ3) is 3.42. The second-order valence-corrected chi connectivity index (χ2v) is 7.26. The second-order valence-electron chi connectivity index (χ2n) is 7.26. The van der Waals surface area contributed by atoms with E-state index in [0.717, 1.165) is 16.9 Å². The fourth-order valence-electron chi connectivity index (χ4n) is 3.77. The van der Waals surface area contributed by atoms with Gasteiger partial charge >= 0.3 is 0 Å². The highest BCUT2D eigenvalue weighted by atomic mass is 16.7. The highest BCUT2D eigenvalue weighted by Gasteiger charge is 2.34. The zero-order valence-electron chi connectivity index (χ0n) is 16.8. The molecule has 3 aromatic carbocycles. The van der Waals surface area contributed by atoms with Crippen molar-refractivity contribution >= 4 is 23.5 Å². The monoisotopic (exact) mass is 413 g/mol. The predicted octanol–water partition coefficient (Wildman–Crippen LogP) is 4.15. The molecule has 0 aromatic heterocycles. The average molecular weight is 413 g/mol. The Morgan fingerprint density at radius 1 is 0.903 bits per heavy atom. The van der Waals surface area contributed by atoms with Crippen LogP contribution in [0.25, 0.3) is 11.6 Å². The van der Waals surface area contributed by atoms with Crippen LogP contribution in [0.3, 0.4) is 0 Å². The Kier molecular flexibility index (Phi) is 4.67. The van der Waals surface area contributed by atoms with Crippen molar-refractivity contribution < 1.29 is 23.8 Å². The molecule has 6 heteroatoms. The van der Waals surface area contributed by atoms with Crippen LogP contribution in [0.15, 0.2) is 66.7 Å². The molecule has 0 atom stereocenters. The smallest absolute Gasteiger partial charge is 0.261 e. The zero-order chi connectivity index (χ0) is 21.4. The SMILES string of the molecule is COc1ccc(/C=C2/C(=O)N(Cc3ccc4c(c3)OCO4)C(=O)c3ccccc32)cc1. The summed E-state index contributed by atoms with van der Waals surface area (Å²) in [6.07, 6.45) is 1.81. The molecular formula is C25H19NO5. The van der Waals surface area contributed by atoms with Crippen LogP contribution in [0.4, 0.5) is 0 Å². The maximum Gasteiger partial charge on any atom is 0.261 e. The van der Waals surface area contributed by atoms with Gasteiger partial charge in [-0.2, -0.15) is 0 Å². The summed E-state index contributed by atoms with van der Waals surface area (Å²) < 4.78 is 16.0. The summed E-state index contributed by atoms with van der Waals surface area (Å²) in [4.78, 5) is 27.8. The first-order chi connectivity index (χ1) is 15.1. The van der Waals surface area contributed by atoms with Gasteiger partial charge in [-0.3, -0.25) is 14.5 Å². The van der Waals surface area contributed by atoms with Crippen molar-refractivity contribution in [1.29, 1.82) is 0 Å². The minimum Gasteiger partial charge on any atom is -0.497 e. The molecule has 0 bridgehead atoms. The Balaban J connectivity index is 1.53. The maximum atomic E-state index is 13.4. The van der Waals surface area contributed by atoms with E-state index in [1.165, 1.54) is 4.90 Å². The number of imide groups is 1. The lowest BCUT2D eigenvalue weighted by atomic mass is 9.91. The van der Waals surface area contributed by atoms with Gasteiger partial charge in [-0.25, -0.2) is 0 Å². The molecular weight excluding hydrogens is 394 g/mol. The Hall–Kier alpha value is -4.06. The third-order valence-corrected chi connectivity index (χ3v) is 5.37. The summed E-state index contributed by atoms with van der Waals surface area (Å²) in [5, 5.41) is 0. The number of carbonyl (C=O) groups excluding carboxylic acids is 2. The van der Waals surface area contributed by atoms with Crippen molar-refractivity contribution in [3.05, 3.63) is 89.0 Å². The molecule has 154 valence electrons. The molecule has 2 amide bonds. The second kappa shape index (κ2) is 7.65. The van der Waals surface area contributed by atoms with Gasteiger partial charge in [0.2, 0.25) is 6.79 Å². The van der Waals surface area contributed by atoms with Crippen LogP contribution in [0.1, 0.15) is 27.0 Å². The zero-order valence-corrected chi connectivity index (χ0v) is 16.8. The van der Waals surface area contributed by atoms with Crippen molar-refractivity contribution in [2.45, 2.75) is 6.54 Å². The molecule has 0 N–H and O–H groups in total. The van der Waals surface area contributed by atoms with E-state index < -0.39 is 0 Å². The summed E-state index contributed by atoms with van der Waals surface area (Å²) >= 11 is 0. The Morgan fingerprint density at radius 3 is 2.42 bits per heavy atom. The van der Waals surface area contributed by atoms with Gasteiger partial charge in [0.05, 0.1) is 13.7 Å². The largest absolute Gasteiger partial charge is 0.497 e. The number of amides is 2. The Morgan fingerprint density at radius 2 is 1.65 bits per heavy atom. The molecule has 6 nitrogen and oxygen atoms in total. The average Bonchev–Trinajstić information content (AvgIpc) is 3.28. The molecule has 2 aliphatic rings. The number of methoxy groups -OCH3 is 1. The molecule has 0 saturated heterocycles. The van der Waals surface area contributed by atoms with E-state index in [9.17, 15) is 9.59 Å². The minimum atomic E-state index is -0.336. The van der Waals surface area contributed by atoms with Crippen molar-refractivity contribution in [3.8, 4) is 17.2 Å². The van der Waals surface area contributed by atoms with Gasteiger partial charge in [0.1, 0.15) is 5.75 Å². The van der Waals surface area contributed by atoms with Gasteiger partial charge in [-0.1, -0.05) is 36.4 Å². The lowest BCUT2D eigenvalue weighted by Gasteiger charge is -2.29. The van der Waals surface area contributed by atoms with Crippen LogP contribution in [0.5, 0.6) is 17.2 Å². The normalized spacial score (nSPS) is 15.9. The molecule has 0 aliphatic carbocycles. The number of benzene rings is 3. The summed E-state index contributed by atoms with van der Waals surface area (Å²) in [6, 6.07) is 20.0. The van der Waals surface area contributed by atoms with Gasteiger partial charge in [-0.05, 0) is 53.1 Å². The third-order valence-electron chi connectivity index (χ3n) is 5.37.